The van der Waals surface area contributed by atoms with Crippen molar-refractivity contribution in [2.75, 3.05) is 44.6 Å². The molecule has 0 spiro atoms. The molecule has 11 nitrogen and oxygen atoms in total. The van der Waals surface area contributed by atoms with Crippen molar-refractivity contribution in [2.24, 2.45) is 4.36 Å². The van der Waals surface area contributed by atoms with Gasteiger partial charge in [-0.25, -0.2) is 23.5 Å². The minimum Gasteiger partial charge on any atom is -0.381 e. The number of hydrogen-bond acceptors (Lipinski definition) is 9. The van der Waals surface area contributed by atoms with Gasteiger partial charge in [0.15, 0.2) is 17.3 Å². The van der Waals surface area contributed by atoms with Crippen molar-refractivity contribution in [1.29, 1.82) is 0 Å². The fourth-order valence-electron chi connectivity index (χ4n) is 5.86. The average Bonchev–Trinajstić information content (AvgIpc) is 3.22. The highest BCUT2D eigenvalue weighted by atomic mass is 32.2. The fraction of sp³-hybridized carbons (Fsp3) is 0.400. The number of fused-ring (bicyclic) bond motifs is 2. The van der Waals surface area contributed by atoms with Crippen LogP contribution in [0.4, 0.5) is 17.5 Å². The van der Waals surface area contributed by atoms with Crippen LogP contribution in [0.5, 0.6) is 0 Å². The molecule has 0 atom stereocenters. The molecule has 42 heavy (non-hydrogen) atoms. The number of rotatable bonds is 7. The summed E-state index contributed by atoms with van der Waals surface area (Å²) >= 11 is 0. The first-order valence-electron chi connectivity index (χ1n) is 14.1. The van der Waals surface area contributed by atoms with Crippen molar-refractivity contribution in [3.63, 3.8) is 0 Å². The monoisotopic (exact) mass is 588 g/mol. The van der Waals surface area contributed by atoms with Crippen molar-refractivity contribution in [2.45, 2.75) is 38.3 Å². The van der Waals surface area contributed by atoms with E-state index >= 15 is 0 Å². The molecule has 0 bridgehead atoms. The predicted octanol–water partition coefficient (Wildman–Crippen LogP) is 4.15. The molecule has 4 aromatic rings. The molecule has 0 saturated carbocycles. The number of likely N-dealkylation sites (N-methyl/N-ethyl adjacent to an activating group) is 1. The molecule has 0 aliphatic carbocycles. The third-order valence-corrected chi connectivity index (χ3v) is 8.33. The van der Waals surface area contributed by atoms with Crippen LogP contribution in [0.1, 0.15) is 35.4 Å². The van der Waals surface area contributed by atoms with Gasteiger partial charge in [-0.1, -0.05) is 12.1 Å². The molecule has 1 saturated heterocycles. The topological polar surface area (TPSA) is 120 Å². The van der Waals surface area contributed by atoms with E-state index in [1.165, 1.54) is 21.4 Å². The Morgan fingerprint density at radius 3 is 2.79 bits per heavy atom. The van der Waals surface area contributed by atoms with Crippen LogP contribution in [0.25, 0.3) is 16.9 Å². The second kappa shape index (κ2) is 11.4. The Morgan fingerprint density at radius 1 is 1.21 bits per heavy atom. The zero-order valence-corrected chi connectivity index (χ0v) is 25.1. The van der Waals surface area contributed by atoms with E-state index < -0.39 is 9.73 Å². The molecule has 5 heterocycles. The number of anilines is 2. The summed E-state index contributed by atoms with van der Waals surface area (Å²) in [6, 6.07) is 9.65. The molecular formula is C30H36N8O3S. The Hall–Kier alpha value is -3.87. The maximum absolute atomic E-state index is 13.4. The number of benzene rings is 1. The maximum atomic E-state index is 13.4. The number of pyridine rings is 1. The van der Waals surface area contributed by atoms with Gasteiger partial charge in [0.1, 0.15) is 5.39 Å². The lowest BCUT2D eigenvalue weighted by Gasteiger charge is -2.31. The van der Waals surface area contributed by atoms with Crippen molar-refractivity contribution in [3.8, 4) is 5.82 Å². The molecule has 12 heteroatoms. The van der Waals surface area contributed by atoms with E-state index in [-0.39, 0.29) is 12.1 Å². The summed E-state index contributed by atoms with van der Waals surface area (Å²) in [7, 11) is -0.274. The maximum Gasteiger partial charge on any atom is 0.278 e. The van der Waals surface area contributed by atoms with Crippen LogP contribution in [-0.2, 0) is 34.0 Å². The fourth-order valence-corrected chi connectivity index (χ4v) is 6.42. The largest absolute Gasteiger partial charge is 0.381 e. The standard InChI is InChI=1S/C30H36N8O3S/c1-5-12-37-29(39)25-18-31-30(34-28(25)38(37)27-8-6-7-26(33-27)35-42(3,4)40)32-22-16-21-19-36(2)13-9-23(21)24(17-22)20-10-14-41-15-11-20/h5-8,16-18,20H,1,9-15,19H2,2-4H3,(H,31,32,34). The zero-order chi connectivity index (χ0) is 29.4. The van der Waals surface area contributed by atoms with Gasteiger partial charge in [-0.15, -0.1) is 6.58 Å². The number of nitrogens with zero attached hydrogens (tertiary/aromatic N) is 7. The zero-order valence-electron chi connectivity index (χ0n) is 24.2. The minimum atomic E-state index is -2.42. The Bertz CT molecular complexity index is 1840. The average molecular weight is 589 g/mol. The number of aromatic nitrogens is 5. The van der Waals surface area contributed by atoms with E-state index in [4.69, 9.17) is 9.72 Å². The summed E-state index contributed by atoms with van der Waals surface area (Å²) in [5.41, 5.74) is 5.22. The molecule has 220 valence electrons. The molecule has 0 radical (unpaired) electrons. The molecule has 0 amide bonds. The highest BCUT2D eigenvalue weighted by Gasteiger charge is 2.25. The first-order valence-corrected chi connectivity index (χ1v) is 16.5. The van der Waals surface area contributed by atoms with Crippen molar-refractivity contribution < 1.29 is 8.95 Å². The summed E-state index contributed by atoms with van der Waals surface area (Å²) < 4.78 is 25.4. The number of nitrogens with one attached hydrogen (secondary N) is 1. The van der Waals surface area contributed by atoms with Crippen LogP contribution in [0.2, 0.25) is 0 Å². The smallest absolute Gasteiger partial charge is 0.278 e. The number of hydrogen-bond donors (Lipinski definition) is 1. The quantitative estimate of drug-likeness (QED) is 0.320. The normalized spacial score (nSPS) is 16.4. The molecule has 2 aliphatic rings. The molecule has 1 aromatic carbocycles. The lowest BCUT2D eigenvalue weighted by Crippen LogP contribution is -2.28. The molecule has 6 rings (SSSR count). The van der Waals surface area contributed by atoms with E-state index in [1.807, 2.05) is 0 Å². The van der Waals surface area contributed by atoms with Gasteiger partial charge in [0, 0.05) is 60.4 Å². The van der Waals surface area contributed by atoms with Crippen molar-refractivity contribution in [3.05, 3.63) is 76.2 Å². The van der Waals surface area contributed by atoms with Gasteiger partial charge in [0.05, 0.1) is 6.54 Å². The van der Waals surface area contributed by atoms with E-state index in [1.54, 1.807) is 47.7 Å². The molecule has 0 unspecified atom stereocenters. The van der Waals surface area contributed by atoms with Crippen LogP contribution >= 0.6 is 0 Å². The first-order chi connectivity index (χ1) is 20.2. The van der Waals surface area contributed by atoms with Crippen molar-refractivity contribution in [1.82, 2.24) is 29.2 Å². The van der Waals surface area contributed by atoms with Gasteiger partial charge < -0.3 is 15.0 Å². The van der Waals surface area contributed by atoms with Crippen molar-refractivity contribution >= 4 is 38.2 Å². The lowest BCUT2D eigenvalue weighted by molar-refractivity contribution is 0.0850. The highest BCUT2D eigenvalue weighted by Crippen LogP contribution is 2.36. The Kier molecular flexibility index (Phi) is 7.69. The van der Waals surface area contributed by atoms with Gasteiger partial charge in [-0.2, -0.15) is 9.35 Å². The van der Waals surface area contributed by atoms with Gasteiger partial charge in [-0.3, -0.25) is 4.79 Å². The summed E-state index contributed by atoms with van der Waals surface area (Å²) in [5.74, 6) is 1.58. The molecule has 3 aromatic heterocycles. The summed E-state index contributed by atoms with van der Waals surface area (Å²) in [6.07, 6.45) is 9.36. The molecule has 1 N–H and O–H groups in total. The predicted molar refractivity (Wildman–Crippen MR) is 166 cm³/mol. The lowest BCUT2D eigenvalue weighted by atomic mass is 9.83. The van der Waals surface area contributed by atoms with Crippen LogP contribution in [0, 0.1) is 0 Å². The van der Waals surface area contributed by atoms with Crippen LogP contribution < -0.4 is 10.9 Å². The van der Waals surface area contributed by atoms with Gasteiger partial charge in [0.2, 0.25) is 5.95 Å². The Morgan fingerprint density at radius 2 is 2.02 bits per heavy atom. The Balaban J connectivity index is 1.45. The summed E-state index contributed by atoms with van der Waals surface area (Å²) in [6.45, 7) is 7.56. The van der Waals surface area contributed by atoms with Gasteiger partial charge >= 0.3 is 0 Å². The number of allylic oxidation sites excluding steroid dienone is 1. The second-order valence-electron chi connectivity index (χ2n) is 11.2. The third-order valence-electron chi connectivity index (χ3n) is 7.71. The van der Waals surface area contributed by atoms with Crippen LogP contribution in [0.3, 0.4) is 0 Å². The van der Waals surface area contributed by atoms with Gasteiger partial charge in [0.25, 0.3) is 5.56 Å². The highest BCUT2D eigenvalue weighted by molar-refractivity contribution is 7.92. The minimum absolute atomic E-state index is 0.242. The van der Waals surface area contributed by atoms with E-state index in [0.717, 1.165) is 51.3 Å². The van der Waals surface area contributed by atoms with Gasteiger partial charge in [-0.05, 0) is 73.2 Å². The third kappa shape index (κ3) is 5.74. The molecule has 2 aliphatic heterocycles. The van der Waals surface area contributed by atoms with Crippen LogP contribution in [-0.4, -0.2) is 72.7 Å². The number of ether oxygens (including phenoxy) is 1. The summed E-state index contributed by atoms with van der Waals surface area (Å²) in [5, 5.41) is 3.79. The van der Waals surface area contributed by atoms with Crippen LogP contribution in [0.15, 0.2) is 58.3 Å². The Labute approximate surface area is 245 Å². The van der Waals surface area contributed by atoms with E-state index in [0.29, 0.717) is 34.5 Å². The first kappa shape index (κ1) is 28.3. The second-order valence-corrected chi connectivity index (χ2v) is 13.8. The van der Waals surface area contributed by atoms with E-state index in [2.05, 4.69) is 50.3 Å². The SMILES string of the molecule is C=CCn1c(=O)c2cnc(Nc3cc4c(c(C5CCOCC5)c3)CCN(C)C4)nc2n1-c1cccc(N=S(C)(C)=O)n1. The van der Waals surface area contributed by atoms with E-state index in [9.17, 15) is 9.00 Å². The summed E-state index contributed by atoms with van der Waals surface area (Å²) in [4.78, 5) is 29.7. The molecular weight excluding hydrogens is 552 g/mol. The molecule has 1 fully saturated rings.